The average molecular weight is 228 g/mol. The van der Waals surface area contributed by atoms with Crippen LogP contribution in [0.25, 0.3) is 0 Å². The first-order chi connectivity index (χ1) is 7.50. The number of rotatable bonds is 6. The summed E-state index contributed by atoms with van der Waals surface area (Å²) in [5.41, 5.74) is 0. The fourth-order valence-corrected chi connectivity index (χ4v) is 0.825. The van der Waals surface area contributed by atoms with Crippen LogP contribution in [0.2, 0.25) is 0 Å². The van der Waals surface area contributed by atoms with Crippen LogP contribution in [0.4, 0.5) is 0 Å². The van der Waals surface area contributed by atoms with Gasteiger partial charge in [0.2, 0.25) is 0 Å². The zero-order chi connectivity index (χ0) is 12.8. The van der Waals surface area contributed by atoms with E-state index in [1.54, 1.807) is 12.2 Å². The topological polar surface area (TPSA) is 74.6 Å². The summed E-state index contributed by atoms with van der Waals surface area (Å²) in [5.74, 6) is -1.73. The molecule has 16 heavy (non-hydrogen) atoms. The molecule has 0 aliphatic carbocycles. The van der Waals surface area contributed by atoms with Crippen LogP contribution in [-0.4, -0.2) is 22.2 Å². The number of unbranched alkanes of at least 4 members (excludes halogenated alkanes) is 3. The number of allylic oxidation sites excluding steroid dienone is 3. The summed E-state index contributed by atoms with van der Waals surface area (Å²) in [7, 11) is 0. The number of carboxylic acids is 2. The van der Waals surface area contributed by atoms with Crippen molar-refractivity contribution < 1.29 is 19.8 Å². The average Bonchev–Trinajstić information content (AvgIpc) is 2.15. The molecule has 0 radical (unpaired) electrons. The van der Waals surface area contributed by atoms with Gasteiger partial charge < -0.3 is 10.2 Å². The van der Waals surface area contributed by atoms with Gasteiger partial charge in [0.25, 0.3) is 5.97 Å². The Labute approximate surface area is 96.3 Å². The monoisotopic (exact) mass is 228 g/mol. The first kappa shape index (κ1) is 16.8. The first-order valence-electron chi connectivity index (χ1n) is 5.26. The fourth-order valence-electron chi connectivity index (χ4n) is 0.825. The summed E-state index contributed by atoms with van der Waals surface area (Å²) in [4.78, 5) is 19.0. The van der Waals surface area contributed by atoms with Crippen molar-refractivity contribution >= 4 is 11.9 Å². The second kappa shape index (κ2) is 13.4. The minimum atomic E-state index is -0.895. The van der Waals surface area contributed by atoms with E-state index in [2.05, 4.69) is 6.92 Å². The van der Waals surface area contributed by atoms with E-state index in [0.29, 0.717) is 0 Å². The third-order valence-electron chi connectivity index (χ3n) is 1.46. The highest BCUT2D eigenvalue weighted by Gasteiger charge is 1.82. The van der Waals surface area contributed by atoms with Crippen LogP contribution < -0.4 is 0 Å². The summed E-state index contributed by atoms with van der Waals surface area (Å²) >= 11 is 0. The van der Waals surface area contributed by atoms with Crippen LogP contribution in [0.15, 0.2) is 24.3 Å². The van der Waals surface area contributed by atoms with Gasteiger partial charge in [-0.25, -0.2) is 4.79 Å². The largest absolute Gasteiger partial charge is 0.481 e. The Morgan fingerprint density at radius 2 is 1.69 bits per heavy atom. The third-order valence-corrected chi connectivity index (χ3v) is 1.46. The molecule has 4 nitrogen and oxygen atoms in total. The molecule has 0 spiro atoms. The lowest BCUT2D eigenvalue weighted by Gasteiger charge is -1.89. The van der Waals surface area contributed by atoms with Gasteiger partial charge in [-0.05, 0) is 12.8 Å². The molecule has 2 N–H and O–H groups in total. The predicted octanol–water partition coefficient (Wildman–Crippen LogP) is 2.85. The number of hydrogen-bond acceptors (Lipinski definition) is 2. The van der Waals surface area contributed by atoms with E-state index < -0.39 is 11.9 Å². The molecule has 0 bridgehead atoms. The minimum absolute atomic E-state index is 0.833. The SMILES string of the molecule is CC(=O)O.CCCCC/C=C\C=C\C(=O)O. The van der Waals surface area contributed by atoms with Gasteiger partial charge in [0, 0.05) is 13.0 Å². The maximum atomic E-state index is 10.0. The van der Waals surface area contributed by atoms with Crippen molar-refractivity contribution in [2.75, 3.05) is 0 Å². The van der Waals surface area contributed by atoms with Crippen LogP contribution >= 0.6 is 0 Å². The standard InChI is InChI=1S/C10H16O2.C2H4O2/c1-2-3-4-5-6-7-8-9-10(11)12;1-2(3)4/h6-9H,2-5H2,1H3,(H,11,12);1H3,(H,3,4)/b7-6-,9-8+;. The van der Waals surface area contributed by atoms with E-state index in [1.807, 2.05) is 6.08 Å². The van der Waals surface area contributed by atoms with Crippen LogP contribution in [0.3, 0.4) is 0 Å². The quantitative estimate of drug-likeness (QED) is 0.416. The highest BCUT2D eigenvalue weighted by molar-refractivity contribution is 5.80. The molecule has 0 atom stereocenters. The molecule has 0 saturated carbocycles. The van der Waals surface area contributed by atoms with E-state index >= 15 is 0 Å². The van der Waals surface area contributed by atoms with Gasteiger partial charge in [-0.3, -0.25) is 4.79 Å². The van der Waals surface area contributed by atoms with Crippen LogP contribution in [0.1, 0.15) is 39.5 Å². The van der Waals surface area contributed by atoms with Gasteiger partial charge in [0.15, 0.2) is 0 Å². The van der Waals surface area contributed by atoms with Gasteiger partial charge in [0.05, 0.1) is 0 Å². The zero-order valence-electron chi connectivity index (χ0n) is 9.85. The Balaban J connectivity index is 0. The van der Waals surface area contributed by atoms with E-state index in [1.165, 1.54) is 19.3 Å². The molecule has 0 aliphatic heterocycles. The molecule has 4 heteroatoms. The van der Waals surface area contributed by atoms with Crippen molar-refractivity contribution in [1.82, 2.24) is 0 Å². The Morgan fingerprint density at radius 3 is 2.12 bits per heavy atom. The van der Waals surface area contributed by atoms with Crippen molar-refractivity contribution in [1.29, 1.82) is 0 Å². The van der Waals surface area contributed by atoms with Crippen LogP contribution in [-0.2, 0) is 9.59 Å². The third kappa shape index (κ3) is 29.4. The number of hydrogen-bond donors (Lipinski definition) is 2. The normalized spacial score (nSPS) is 10.1. The van der Waals surface area contributed by atoms with E-state index in [9.17, 15) is 4.79 Å². The van der Waals surface area contributed by atoms with Crippen molar-refractivity contribution in [2.45, 2.75) is 39.5 Å². The molecular weight excluding hydrogens is 208 g/mol. The maximum absolute atomic E-state index is 10.0. The predicted molar refractivity (Wildman–Crippen MR) is 63.4 cm³/mol. The summed E-state index contributed by atoms with van der Waals surface area (Å²) in [6, 6.07) is 0. The first-order valence-corrected chi connectivity index (χ1v) is 5.26. The number of carboxylic acid groups (broad SMARTS) is 2. The highest BCUT2D eigenvalue weighted by Crippen LogP contribution is 1.99. The molecule has 92 valence electrons. The number of aliphatic carboxylic acids is 2. The lowest BCUT2D eigenvalue weighted by molar-refractivity contribution is -0.134. The van der Waals surface area contributed by atoms with E-state index in [4.69, 9.17) is 15.0 Å². The molecule has 0 saturated heterocycles. The van der Waals surface area contributed by atoms with Gasteiger partial charge >= 0.3 is 5.97 Å². The van der Waals surface area contributed by atoms with Crippen molar-refractivity contribution in [3.8, 4) is 0 Å². The molecule has 0 heterocycles. The summed E-state index contributed by atoms with van der Waals surface area (Å²) < 4.78 is 0. The van der Waals surface area contributed by atoms with Crippen LogP contribution in [0, 0.1) is 0 Å². The molecule has 0 aromatic carbocycles. The van der Waals surface area contributed by atoms with Gasteiger partial charge in [-0.15, -0.1) is 0 Å². The second-order valence-electron chi connectivity index (χ2n) is 3.14. The molecule has 0 unspecified atom stereocenters. The van der Waals surface area contributed by atoms with Gasteiger partial charge in [0.1, 0.15) is 0 Å². The Morgan fingerprint density at radius 1 is 1.12 bits per heavy atom. The van der Waals surface area contributed by atoms with E-state index in [0.717, 1.165) is 19.4 Å². The summed E-state index contributed by atoms with van der Waals surface area (Å²) in [6.45, 7) is 3.24. The lowest BCUT2D eigenvalue weighted by atomic mass is 10.2. The van der Waals surface area contributed by atoms with Crippen molar-refractivity contribution in [2.24, 2.45) is 0 Å². The molecule has 0 aliphatic rings. The number of carbonyl (C=O) groups is 2. The molecule has 0 rings (SSSR count). The van der Waals surface area contributed by atoms with Crippen LogP contribution in [0.5, 0.6) is 0 Å². The Bertz CT molecular complexity index is 237. The van der Waals surface area contributed by atoms with Crippen molar-refractivity contribution in [3.63, 3.8) is 0 Å². The highest BCUT2D eigenvalue weighted by atomic mass is 16.4. The zero-order valence-corrected chi connectivity index (χ0v) is 9.85. The lowest BCUT2D eigenvalue weighted by Crippen LogP contribution is -1.84. The second-order valence-corrected chi connectivity index (χ2v) is 3.14. The smallest absolute Gasteiger partial charge is 0.328 e. The Kier molecular flexibility index (Phi) is 14.1. The summed E-state index contributed by atoms with van der Waals surface area (Å²) in [5, 5.41) is 15.7. The molecule has 0 aromatic rings. The van der Waals surface area contributed by atoms with Crippen molar-refractivity contribution in [3.05, 3.63) is 24.3 Å². The molecule has 0 amide bonds. The van der Waals surface area contributed by atoms with Gasteiger partial charge in [-0.2, -0.15) is 0 Å². The maximum Gasteiger partial charge on any atom is 0.328 e. The minimum Gasteiger partial charge on any atom is -0.481 e. The fraction of sp³-hybridized carbons (Fsp3) is 0.500. The van der Waals surface area contributed by atoms with Gasteiger partial charge in [-0.1, -0.05) is 38.0 Å². The molecular formula is C12H20O4. The molecule has 0 aromatic heterocycles. The molecule has 0 fully saturated rings. The summed E-state index contributed by atoms with van der Waals surface area (Å²) in [6.07, 6.45) is 11.2. The van der Waals surface area contributed by atoms with E-state index in [-0.39, 0.29) is 0 Å². The Hall–Kier alpha value is -1.58.